The standard InChI is InChI=1S/C20H22N2O3S/c1-3-4-5-12-25-15-8-6-14(7-9-15)19(23)22-20-21-17-11-10-16(24-2)13-18(17)26-20/h6-11,13H,3-5,12H2,1-2H3,(H,21,22,23). The van der Waals surface area contributed by atoms with Gasteiger partial charge in [-0.2, -0.15) is 0 Å². The van der Waals surface area contributed by atoms with Crippen molar-refractivity contribution in [2.45, 2.75) is 26.2 Å². The second-order valence-corrected chi connectivity index (χ2v) is 6.92. The first-order chi connectivity index (χ1) is 12.7. The number of nitrogens with one attached hydrogen (secondary N) is 1. The number of hydrogen-bond acceptors (Lipinski definition) is 5. The highest BCUT2D eigenvalue weighted by atomic mass is 32.1. The average molecular weight is 370 g/mol. The maximum atomic E-state index is 12.4. The van der Waals surface area contributed by atoms with Crippen molar-refractivity contribution in [1.82, 2.24) is 4.98 Å². The van der Waals surface area contributed by atoms with Gasteiger partial charge in [0.15, 0.2) is 5.13 Å². The molecule has 136 valence electrons. The zero-order valence-electron chi connectivity index (χ0n) is 15.0. The van der Waals surface area contributed by atoms with Crippen molar-refractivity contribution in [3.8, 4) is 11.5 Å². The largest absolute Gasteiger partial charge is 0.497 e. The number of thiazole rings is 1. The Labute approximate surface area is 157 Å². The molecule has 0 saturated carbocycles. The van der Waals surface area contributed by atoms with Gasteiger partial charge in [0.05, 0.1) is 23.9 Å². The number of fused-ring (bicyclic) bond motifs is 1. The van der Waals surface area contributed by atoms with Gasteiger partial charge in [0.1, 0.15) is 11.5 Å². The summed E-state index contributed by atoms with van der Waals surface area (Å²) in [5.41, 5.74) is 1.41. The number of nitrogens with zero attached hydrogens (tertiary/aromatic N) is 1. The van der Waals surface area contributed by atoms with E-state index in [0.29, 0.717) is 17.3 Å². The fraction of sp³-hybridized carbons (Fsp3) is 0.300. The number of hydrogen-bond donors (Lipinski definition) is 1. The Morgan fingerprint density at radius 3 is 2.62 bits per heavy atom. The fourth-order valence-electron chi connectivity index (χ4n) is 2.50. The van der Waals surface area contributed by atoms with Gasteiger partial charge >= 0.3 is 0 Å². The van der Waals surface area contributed by atoms with Crippen molar-refractivity contribution in [2.24, 2.45) is 0 Å². The predicted molar refractivity (Wildman–Crippen MR) is 106 cm³/mol. The van der Waals surface area contributed by atoms with Crippen LogP contribution in [0.2, 0.25) is 0 Å². The predicted octanol–water partition coefficient (Wildman–Crippen LogP) is 5.13. The minimum absolute atomic E-state index is 0.187. The molecule has 0 aliphatic heterocycles. The van der Waals surface area contributed by atoms with Crippen LogP contribution in [0.5, 0.6) is 11.5 Å². The summed E-state index contributed by atoms with van der Waals surface area (Å²) in [7, 11) is 1.63. The highest BCUT2D eigenvalue weighted by Crippen LogP contribution is 2.29. The van der Waals surface area contributed by atoms with Crippen LogP contribution >= 0.6 is 11.3 Å². The van der Waals surface area contributed by atoms with E-state index in [4.69, 9.17) is 9.47 Å². The monoisotopic (exact) mass is 370 g/mol. The molecule has 2 aromatic carbocycles. The Morgan fingerprint density at radius 1 is 1.12 bits per heavy atom. The molecule has 0 bridgehead atoms. The van der Waals surface area contributed by atoms with Gasteiger partial charge in [-0.3, -0.25) is 10.1 Å². The Bertz CT molecular complexity index is 874. The number of carbonyl (C=O) groups excluding carboxylic acids is 1. The first-order valence-corrected chi connectivity index (χ1v) is 9.50. The lowest BCUT2D eigenvalue weighted by Gasteiger charge is -2.06. The fourth-order valence-corrected chi connectivity index (χ4v) is 3.39. The molecule has 3 aromatic rings. The van der Waals surface area contributed by atoms with Crippen LogP contribution in [0, 0.1) is 0 Å². The maximum absolute atomic E-state index is 12.4. The lowest BCUT2D eigenvalue weighted by Crippen LogP contribution is -2.11. The molecule has 1 aromatic heterocycles. The van der Waals surface area contributed by atoms with E-state index < -0.39 is 0 Å². The molecule has 0 saturated heterocycles. The molecular formula is C20H22N2O3S. The topological polar surface area (TPSA) is 60.5 Å². The van der Waals surface area contributed by atoms with Crippen molar-refractivity contribution in [3.63, 3.8) is 0 Å². The number of amides is 1. The molecule has 26 heavy (non-hydrogen) atoms. The van der Waals surface area contributed by atoms with Crippen LogP contribution in [-0.2, 0) is 0 Å². The molecule has 0 aliphatic carbocycles. The Kier molecular flexibility index (Phi) is 6.07. The van der Waals surface area contributed by atoms with Crippen LogP contribution in [0.3, 0.4) is 0 Å². The van der Waals surface area contributed by atoms with Crippen molar-refractivity contribution < 1.29 is 14.3 Å². The summed E-state index contributed by atoms with van der Waals surface area (Å²) in [6.07, 6.45) is 3.37. The molecule has 1 heterocycles. The van der Waals surface area contributed by atoms with E-state index in [1.165, 1.54) is 17.8 Å². The van der Waals surface area contributed by atoms with Gasteiger partial charge in [-0.1, -0.05) is 31.1 Å². The third kappa shape index (κ3) is 4.52. The second kappa shape index (κ2) is 8.67. The van der Waals surface area contributed by atoms with Crippen LogP contribution in [0.15, 0.2) is 42.5 Å². The third-order valence-corrected chi connectivity index (χ3v) is 4.88. The smallest absolute Gasteiger partial charge is 0.257 e. The second-order valence-electron chi connectivity index (χ2n) is 5.89. The molecule has 0 atom stereocenters. The zero-order valence-corrected chi connectivity index (χ0v) is 15.8. The van der Waals surface area contributed by atoms with E-state index in [1.807, 2.05) is 30.3 Å². The van der Waals surface area contributed by atoms with Gasteiger partial charge < -0.3 is 9.47 Å². The number of unbranched alkanes of at least 4 members (excludes halogenated alkanes) is 2. The van der Waals surface area contributed by atoms with Gasteiger partial charge in [0, 0.05) is 5.56 Å². The minimum atomic E-state index is -0.187. The number of anilines is 1. The number of ether oxygens (including phenoxy) is 2. The summed E-state index contributed by atoms with van der Waals surface area (Å²) in [6, 6.07) is 12.8. The average Bonchev–Trinajstić information content (AvgIpc) is 3.06. The summed E-state index contributed by atoms with van der Waals surface area (Å²) < 4.78 is 11.9. The van der Waals surface area contributed by atoms with Crippen LogP contribution in [0.1, 0.15) is 36.5 Å². The van der Waals surface area contributed by atoms with E-state index >= 15 is 0 Å². The molecule has 5 nitrogen and oxygen atoms in total. The molecule has 0 spiro atoms. The molecule has 0 unspecified atom stereocenters. The highest BCUT2D eigenvalue weighted by molar-refractivity contribution is 7.22. The summed E-state index contributed by atoms with van der Waals surface area (Å²) in [5.74, 6) is 1.37. The summed E-state index contributed by atoms with van der Waals surface area (Å²) in [5, 5.41) is 3.42. The van der Waals surface area contributed by atoms with Crippen molar-refractivity contribution >= 4 is 32.6 Å². The van der Waals surface area contributed by atoms with Gasteiger partial charge in [0.2, 0.25) is 0 Å². The lowest BCUT2D eigenvalue weighted by atomic mass is 10.2. The number of aromatic nitrogens is 1. The van der Waals surface area contributed by atoms with Crippen LogP contribution in [0.25, 0.3) is 10.2 Å². The van der Waals surface area contributed by atoms with Crippen LogP contribution in [0.4, 0.5) is 5.13 Å². The highest BCUT2D eigenvalue weighted by Gasteiger charge is 2.10. The first-order valence-electron chi connectivity index (χ1n) is 8.68. The van der Waals surface area contributed by atoms with Crippen LogP contribution in [-0.4, -0.2) is 24.6 Å². The molecular weight excluding hydrogens is 348 g/mol. The Hall–Kier alpha value is -2.60. The Morgan fingerprint density at radius 2 is 1.88 bits per heavy atom. The van der Waals surface area contributed by atoms with Crippen molar-refractivity contribution in [3.05, 3.63) is 48.0 Å². The Balaban J connectivity index is 1.62. The number of carbonyl (C=O) groups is 1. The molecule has 6 heteroatoms. The summed E-state index contributed by atoms with van der Waals surface area (Å²) >= 11 is 1.42. The SMILES string of the molecule is CCCCCOc1ccc(C(=O)Nc2nc3ccc(OC)cc3s2)cc1. The van der Waals surface area contributed by atoms with E-state index in [9.17, 15) is 4.79 Å². The van der Waals surface area contributed by atoms with Gasteiger partial charge in [0.25, 0.3) is 5.91 Å². The van der Waals surface area contributed by atoms with E-state index in [2.05, 4.69) is 17.2 Å². The maximum Gasteiger partial charge on any atom is 0.257 e. The van der Waals surface area contributed by atoms with Crippen LogP contribution < -0.4 is 14.8 Å². The van der Waals surface area contributed by atoms with Crippen molar-refractivity contribution in [2.75, 3.05) is 19.0 Å². The molecule has 0 fully saturated rings. The van der Waals surface area contributed by atoms with E-state index in [0.717, 1.165) is 34.6 Å². The molecule has 1 amide bonds. The molecule has 3 rings (SSSR count). The molecule has 0 aliphatic rings. The quantitative estimate of drug-likeness (QED) is 0.559. The summed E-state index contributed by atoms with van der Waals surface area (Å²) in [6.45, 7) is 2.86. The zero-order chi connectivity index (χ0) is 18.4. The van der Waals surface area contributed by atoms with E-state index in [-0.39, 0.29) is 5.91 Å². The minimum Gasteiger partial charge on any atom is -0.497 e. The van der Waals surface area contributed by atoms with Gasteiger partial charge in [-0.25, -0.2) is 4.98 Å². The van der Waals surface area contributed by atoms with Gasteiger partial charge in [-0.15, -0.1) is 0 Å². The van der Waals surface area contributed by atoms with Gasteiger partial charge in [-0.05, 0) is 48.9 Å². The number of benzene rings is 2. The first kappa shape index (κ1) is 18.2. The molecule has 0 radical (unpaired) electrons. The number of rotatable bonds is 8. The van der Waals surface area contributed by atoms with Crippen molar-refractivity contribution in [1.29, 1.82) is 0 Å². The summed E-state index contributed by atoms with van der Waals surface area (Å²) in [4.78, 5) is 16.9. The number of methoxy groups -OCH3 is 1. The third-order valence-electron chi connectivity index (χ3n) is 3.95. The lowest BCUT2D eigenvalue weighted by molar-refractivity contribution is 0.102. The molecule has 1 N–H and O–H groups in total. The normalized spacial score (nSPS) is 10.7. The van der Waals surface area contributed by atoms with E-state index in [1.54, 1.807) is 19.2 Å².